The first-order valence-electron chi connectivity index (χ1n) is 6.78. The quantitative estimate of drug-likeness (QED) is 0.616. The van der Waals surface area contributed by atoms with Gasteiger partial charge in [-0.1, -0.05) is 19.3 Å². The van der Waals surface area contributed by atoms with Crippen molar-refractivity contribution in [3.05, 3.63) is 0 Å². The fourth-order valence-corrected chi connectivity index (χ4v) is 3.40. The second-order valence-corrected chi connectivity index (χ2v) is 6.57. The highest BCUT2D eigenvalue weighted by atomic mass is 16.2. The first kappa shape index (κ1) is 11.9. The Balaban J connectivity index is 2.19. The summed E-state index contributed by atoms with van der Waals surface area (Å²) in [4.78, 5) is 14.8. The van der Waals surface area contributed by atoms with E-state index in [-0.39, 0.29) is 11.0 Å². The van der Waals surface area contributed by atoms with E-state index in [1.165, 1.54) is 25.7 Å². The summed E-state index contributed by atoms with van der Waals surface area (Å²) in [6.07, 6.45) is 8.44. The van der Waals surface area contributed by atoms with Crippen LogP contribution in [0.5, 0.6) is 0 Å². The number of carbonyl (C=O) groups is 1. The molecule has 2 rings (SSSR count). The van der Waals surface area contributed by atoms with E-state index in [4.69, 9.17) is 0 Å². The summed E-state index contributed by atoms with van der Waals surface area (Å²) in [5, 5.41) is 0. The molecule has 0 atom stereocenters. The lowest BCUT2D eigenvalue weighted by Gasteiger charge is -2.48. The molecule has 0 aromatic rings. The second-order valence-electron chi connectivity index (χ2n) is 6.57. The van der Waals surface area contributed by atoms with Crippen LogP contribution in [0.1, 0.15) is 65.7 Å². The second kappa shape index (κ2) is 4.05. The van der Waals surface area contributed by atoms with Gasteiger partial charge in [-0.3, -0.25) is 4.79 Å². The summed E-state index contributed by atoms with van der Waals surface area (Å²) < 4.78 is 0. The molecule has 1 heterocycles. The molecule has 2 fully saturated rings. The lowest BCUT2D eigenvalue weighted by Crippen LogP contribution is -2.56. The van der Waals surface area contributed by atoms with Gasteiger partial charge in [-0.2, -0.15) is 0 Å². The van der Waals surface area contributed by atoms with Crippen molar-refractivity contribution >= 4 is 5.91 Å². The summed E-state index contributed by atoms with van der Waals surface area (Å²) in [6.45, 7) is 7.44. The van der Waals surface area contributed by atoms with E-state index in [0.29, 0.717) is 5.91 Å². The number of hydrogen-bond acceptors (Lipinski definition) is 1. The molecule has 16 heavy (non-hydrogen) atoms. The van der Waals surface area contributed by atoms with Crippen molar-refractivity contribution in [2.75, 3.05) is 6.54 Å². The number of hydrogen-bond donors (Lipinski definition) is 0. The molecule has 1 amide bonds. The summed E-state index contributed by atoms with van der Waals surface area (Å²) in [5.74, 6) is 0.450. The lowest BCUT2D eigenvalue weighted by atomic mass is 9.68. The Labute approximate surface area is 99.4 Å². The monoisotopic (exact) mass is 223 g/mol. The first-order chi connectivity index (χ1) is 7.46. The third-order valence-corrected chi connectivity index (χ3v) is 4.36. The predicted octanol–water partition coefficient (Wildman–Crippen LogP) is 3.36. The van der Waals surface area contributed by atoms with Gasteiger partial charge in [0, 0.05) is 17.5 Å². The van der Waals surface area contributed by atoms with Crippen LogP contribution in [-0.2, 0) is 4.79 Å². The summed E-state index contributed by atoms with van der Waals surface area (Å²) in [5.41, 5.74) is 0.0335. The van der Waals surface area contributed by atoms with E-state index in [2.05, 4.69) is 25.7 Å². The van der Waals surface area contributed by atoms with Crippen LogP contribution in [0, 0.1) is 5.41 Å². The zero-order valence-corrected chi connectivity index (χ0v) is 11.0. The molecule has 1 spiro atoms. The van der Waals surface area contributed by atoms with E-state index in [1.54, 1.807) is 0 Å². The van der Waals surface area contributed by atoms with Crippen LogP contribution in [0.2, 0.25) is 0 Å². The van der Waals surface area contributed by atoms with Gasteiger partial charge < -0.3 is 4.90 Å². The van der Waals surface area contributed by atoms with Crippen LogP contribution in [-0.4, -0.2) is 22.9 Å². The van der Waals surface area contributed by atoms with Crippen molar-refractivity contribution in [1.29, 1.82) is 0 Å². The Morgan fingerprint density at radius 1 is 1.00 bits per heavy atom. The molecular formula is C14H25NO. The maximum Gasteiger partial charge on any atom is 0.229 e. The molecule has 1 aliphatic heterocycles. The number of rotatable bonds is 0. The van der Waals surface area contributed by atoms with Crippen LogP contribution in [0.15, 0.2) is 0 Å². The fraction of sp³-hybridized carbons (Fsp3) is 0.929. The van der Waals surface area contributed by atoms with Gasteiger partial charge >= 0.3 is 0 Å². The number of likely N-dealkylation sites (tertiary alicyclic amines) is 1. The van der Waals surface area contributed by atoms with E-state index >= 15 is 0 Å². The van der Waals surface area contributed by atoms with Gasteiger partial charge in [0.1, 0.15) is 0 Å². The van der Waals surface area contributed by atoms with Crippen molar-refractivity contribution in [2.45, 2.75) is 71.3 Å². The molecule has 0 aromatic carbocycles. The minimum Gasteiger partial charge on any atom is -0.337 e. The minimum atomic E-state index is 0.00193. The maximum absolute atomic E-state index is 12.7. The van der Waals surface area contributed by atoms with E-state index in [0.717, 1.165) is 25.8 Å². The molecule has 0 aromatic heterocycles. The Morgan fingerprint density at radius 3 is 2.12 bits per heavy atom. The maximum atomic E-state index is 12.7. The van der Waals surface area contributed by atoms with Crippen LogP contribution in [0.25, 0.3) is 0 Å². The topological polar surface area (TPSA) is 20.3 Å². The number of nitrogens with zero attached hydrogens (tertiary/aromatic N) is 1. The third-order valence-electron chi connectivity index (χ3n) is 4.36. The summed E-state index contributed by atoms with van der Waals surface area (Å²) in [6, 6.07) is 0. The average molecular weight is 223 g/mol. The number of amides is 1. The molecule has 2 aliphatic rings. The lowest BCUT2D eigenvalue weighted by molar-refractivity contribution is -0.154. The largest absolute Gasteiger partial charge is 0.337 e. The van der Waals surface area contributed by atoms with Crippen molar-refractivity contribution in [3.63, 3.8) is 0 Å². The van der Waals surface area contributed by atoms with E-state index < -0.39 is 0 Å². The van der Waals surface area contributed by atoms with Crippen LogP contribution in [0.4, 0.5) is 0 Å². The normalized spacial score (nSPS) is 26.2. The smallest absolute Gasteiger partial charge is 0.229 e. The molecule has 2 nitrogen and oxygen atoms in total. The Bertz CT molecular complexity index is 265. The molecule has 0 radical (unpaired) electrons. The number of carbonyl (C=O) groups excluding carboxylic acids is 1. The van der Waals surface area contributed by atoms with Gasteiger partial charge in [-0.05, 0) is 46.5 Å². The van der Waals surface area contributed by atoms with Crippen LogP contribution < -0.4 is 0 Å². The zero-order chi connectivity index (χ0) is 11.8. The van der Waals surface area contributed by atoms with Gasteiger partial charge in [-0.15, -0.1) is 0 Å². The van der Waals surface area contributed by atoms with Gasteiger partial charge in [0.15, 0.2) is 0 Å². The average Bonchev–Trinajstić information content (AvgIpc) is 2.22. The predicted molar refractivity (Wildman–Crippen MR) is 66.2 cm³/mol. The molecule has 92 valence electrons. The standard InChI is InChI=1S/C14H25NO/c1-13(2,3)15-11-7-10-14(12(15)16)8-5-4-6-9-14/h4-11H2,1-3H3. The molecule has 1 saturated heterocycles. The molecule has 0 N–H and O–H groups in total. The highest BCUT2D eigenvalue weighted by molar-refractivity contribution is 5.84. The first-order valence-corrected chi connectivity index (χ1v) is 6.78. The van der Waals surface area contributed by atoms with E-state index in [1.807, 2.05) is 0 Å². The van der Waals surface area contributed by atoms with Gasteiger partial charge in [0.2, 0.25) is 5.91 Å². The molecule has 1 aliphatic carbocycles. The van der Waals surface area contributed by atoms with Crippen LogP contribution in [0.3, 0.4) is 0 Å². The molecular weight excluding hydrogens is 198 g/mol. The Kier molecular flexibility index (Phi) is 3.02. The van der Waals surface area contributed by atoms with Crippen molar-refractivity contribution in [2.24, 2.45) is 5.41 Å². The van der Waals surface area contributed by atoms with Crippen molar-refractivity contribution < 1.29 is 4.79 Å². The highest BCUT2D eigenvalue weighted by Crippen LogP contribution is 2.45. The number of piperidine rings is 1. The molecule has 0 unspecified atom stereocenters. The molecule has 0 bridgehead atoms. The Hall–Kier alpha value is -0.530. The summed E-state index contributed by atoms with van der Waals surface area (Å²) >= 11 is 0. The zero-order valence-electron chi connectivity index (χ0n) is 11.0. The SMILES string of the molecule is CC(C)(C)N1CCCC2(CCCCC2)C1=O. The molecule has 1 saturated carbocycles. The minimum absolute atomic E-state index is 0.00193. The van der Waals surface area contributed by atoms with Crippen molar-refractivity contribution in [1.82, 2.24) is 4.90 Å². The van der Waals surface area contributed by atoms with Gasteiger partial charge in [0.25, 0.3) is 0 Å². The Morgan fingerprint density at radius 2 is 1.56 bits per heavy atom. The van der Waals surface area contributed by atoms with E-state index in [9.17, 15) is 4.79 Å². The molecule has 2 heteroatoms. The van der Waals surface area contributed by atoms with Crippen molar-refractivity contribution in [3.8, 4) is 0 Å². The third kappa shape index (κ3) is 1.99. The summed E-state index contributed by atoms with van der Waals surface area (Å²) in [7, 11) is 0. The van der Waals surface area contributed by atoms with Crippen LogP contribution >= 0.6 is 0 Å². The fourth-order valence-electron chi connectivity index (χ4n) is 3.40. The van der Waals surface area contributed by atoms with Gasteiger partial charge in [-0.25, -0.2) is 0 Å². The highest BCUT2D eigenvalue weighted by Gasteiger charge is 2.46. The van der Waals surface area contributed by atoms with Gasteiger partial charge in [0.05, 0.1) is 0 Å².